The number of benzene rings is 1. The van der Waals surface area contributed by atoms with Crippen molar-refractivity contribution >= 4 is 11.8 Å². The van der Waals surface area contributed by atoms with Crippen LogP contribution in [0.2, 0.25) is 0 Å². The van der Waals surface area contributed by atoms with Gasteiger partial charge in [0, 0.05) is 17.6 Å². The number of aromatic nitrogens is 2. The molecule has 0 unspecified atom stereocenters. The van der Waals surface area contributed by atoms with E-state index in [0.29, 0.717) is 10.6 Å². The Kier molecular flexibility index (Phi) is 5.30. The fourth-order valence-electron chi connectivity index (χ4n) is 1.57. The summed E-state index contributed by atoms with van der Waals surface area (Å²) in [6.45, 7) is 3.69. The van der Waals surface area contributed by atoms with E-state index in [-0.39, 0.29) is 5.82 Å². The van der Waals surface area contributed by atoms with E-state index in [9.17, 15) is 4.39 Å². The van der Waals surface area contributed by atoms with Crippen molar-refractivity contribution in [1.29, 1.82) is 0 Å². The predicted molar refractivity (Wildman–Crippen MR) is 75.4 cm³/mol. The molecular formula is C14H16FN3S. The van der Waals surface area contributed by atoms with Crippen LogP contribution in [0.1, 0.15) is 18.4 Å². The molecule has 2 aromatic rings. The lowest BCUT2D eigenvalue weighted by molar-refractivity contribution is 0.602. The standard InChI is InChI=1S/C14H16FN3S/c1-2-16-9-11-7-8-17-14(18-11)10-19-13-6-4-3-5-12(13)15/h3-8,16H,2,9-10H2,1H3. The maximum atomic E-state index is 13.5. The SMILES string of the molecule is CCNCc1ccnc(CSc2ccccc2F)n1. The second kappa shape index (κ2) is 7.21. The third kappa shape index (κ3) is 4.29. The van der Waals surface area contributed by atoms with Crippen molar-refractivity contribution in [3.63, 3.8) is 0 Å². The van der Waals surface area contributed by atoms with Crippen LogP contribution in [0.5, 0.6) is 0 Å². The third-order valence-electron chi connectivity index (χ3n) is 2.51. The van der Waals surface area contributed by atoms with Crippen molar-refractivity contribution in [2.45, 2.75) is 24.1 Å². The van der Waals surface area contributed by atoms with E-state index >= 15 is 0 Å². The second-order valence-electron chi connectivity index (χ2n) is 3.96. The van der Waals surface area contributed by atoms with Crippen molar-refractivity contribution in [3.05, 3.63) is 53.9 Å². The molecule has 3 nitrogen and oxygen atoms in total. The van der Waals surface area contributed by atoms with E-state index in [1.165, 1.54) is 17.8 Å². The lowest BCUT2D eigenvalue weighted by atomic mass is 10.3. The van der Waals surface area contributed by atoms with Crippen molar-refractivity contribution in [3.8, 4) is 0 Å². The molecule has 0 aliphatic heterocycles. The van der Waals surface area contributed by atoms with Gasteiger partial charge in [0.25, 0.3) is 0 Å². The maximum Gasteiger partial charge on any atom is 0.138 e. The largest absolute Gasteiger partial charge is 0.311 e. The quantitative estimate of drug-likeness (QED) is 0.824. The summed E-state index contributed by atoms with van der Waals surface area (Å²) in [7, 11) is 0. The Balaban J connectivity index is 1.98. The van der Waals surface area contributed by atoms with Crippen LogP contribution >= 0.6 is 11.8 Å². The van der Waals surface area contributed by atoms with Crippen LogP contribution in [0.3, 0.4) is 0 Å². The van der Waals surface area contributed by atoms with Crippen LogP contribution in [0.25, 0.3) is 0 Å². The van der Waals surface area contributed by atoms with Gasteiger partial charge in [-0.3, -0.25) is 0 Å². The fourth-order valence-corrected chi connectivity index (χ4v) is 2.37. The number of nitrogens with one attached hydrogen (secondary N) is 1. The van der Waals surface area contributed by atoms with Crippen LogP contribution in [-0.4, -0.2) is 16.5 Å². The van der Waals surface area contributed by atoms with Gasteiger partial charge in [0.1, 0.15) is 11.6 Å². The Labute approximate surface area is 116 Å². The minimum atomic E-state index is -0.198. The van der Waals surface area contributed by atoms with Crippen molar-refractivity contribution in [2.24, 2.45) is 0 Å². The number of hydrogen-bond donors (Lipinski definition) is 1. The molecule has 0 fully saturated rings. The van der Waals surface area contributed by atoms with Gasteiger partial charge in [0.2, 0.25) is 0 Å². The first-order chi connectivity index (χ1) is 9.29. The van der Waals surface area contributed by atoms with E-state index in [1.807, 2.05) is 12.1 Å². The highest BCUT2D eigenvalue weighted by molar-refractivity contribution is 7.98. The molecule has 0 atom stereocenters. The number of rotatable bonds is 6. The average Bonchev–Trinajstić information content (AvgIpc) is 2.45. The Morgan fingerprint density at radius 1 is 1.26 bits per heavy atom. The van der Waals surface area contributed by atoms with E-state index in [2.05, 4.69) is 22.2 Å². The molecule has 0 bridgehead atoms. The first kappa shape index (κ1) is 14.0. The zero-order valence-corrected chi connectivity index (χ0v) is 11.6. The molecule has 0 radical (unpaired) electrons. The van der Waals surface area contributed by atoms with Crippen LogP contribution in [0, 0.1) is 5.82 Å². The lowest BCUT2D eigenvalue weighted by Gasteiger charge is -2.05. The normalized spacial score (nSPS) is 10.6. The number of hydrogen-bond acceptors (Lipinski definition) is 4. The third-order valence-corrected chi connectivity index (χ3v) is 3.56. The predicted octanol–water partition coefficient (Wildman–Crippen LogP) is 3.02. The number of halogens is 1. The van der Waals surface area contributed by atoms with Crippen LogP contribution < -0.4 is 5.32 Å². The van der Waals surface area contributed by atoms with Gasteiger partial charge in [-0.2, -0.15) is 0 Å². The molecule has 0 aliphatic rings. The van der Waals surface area contributed by atoms with Gasteiger partial charge in [0.05, 0.1) is 11.4 Å². The molecule has 0 saturated heterocycles. The Bertz CT molecular complexity index is 534. The van der Waals surface area contributed by atoms with Gasteiger partial charge in [-0.05, 0) is 24.7 Å². The number of thioether (sulfide) groups is 1. The zero-order valence-electron chi connectivity index (χ0n) is 10.8. The highest BCUT2D eigenvalue weighted by Gasteiger charge is 2.04. The second-order valence-corrected chi connectivity index (χ2v) is 4.98. The molecule has 0 spiro atoms. The summed E-state index contributed by atoms with van der Waals surface area (Å²) in [4.78, 5) is 9.28. The fraction of sp³-hybridized carbons (Fsp3) is 0.286. The summed E-state index contributed by atoms with van der Waals surface area (Å²) in [5.74, 6) is 1.10. The highest BCUT2D eigenvalue weighted by atomic mass is 32.2. The smallest absolute Gasteiger partial charge is 0.138 e. The van der Waals surface area contributed by atoms with Crippen LogP contribution in [0.15, 0.2) is 41.4 Å². The minimum absolute atomic E-state index is 0.198. The van der Waals surface area contributed by atoms with E-state index < -0.39 is 0 Å². The molecular weight excluding hydrogens is 261 g/mol. The van der Waals surface area contributed by atoms with Crippen LogP contribution in [0.4, 0.5) is 4.39 Å². The van der Waals surface area contributed by atoms with Gasteiger partial charge < -0.3 is 5.32 Å². The van der Waals surface area contributed by atoms with Crippen LogP contribution in [-0.2, 0) is 12.3 Å². The number of nitrogens with zero attached hydrogens (tertiary/aromatic N) is 2. The first-order valence-corrected chi connectivity index (χ1v) is 7.17. The summed E-state index contributed by atoms with van der Waals surface area (Å²) in [5.41, 5.74) is 0.959. The minimum Gasteiger partial charge on any atom is -0.311 e. The summed E-state index contributed by atoms with van der Waals surface area (Å²) >= 11 is 1.41. The molecule has 0 amide bonds. The Morgan fingerprint density at radius 2 is 2.11 bits per heavy atom. The topological polar surface area (TPSA) is 37.8 Å². The summed E-state index contributed by atoms with van der Waals surface area (Å²) in [6, 6.07) is 8.63. The summed E-state index contributed by atoms with van der Waals surface area (Å²) < 4.78 is 13.5. The van der Waals surface area contributed by atoms with E-state index in [4.69, 9.17) is 0 Å². The summed E-state index contributed by atoms with van der Waals surface area (Å²) in [5, 5.41) is 3.22. The van der Waals surface area contributed by atoms with E-state index in [1.54, 1.807) is 18.3 Å². The molecule has 2 rings (SSSR count). The van der Waals surface area contributed by atoms with Crippen molar-refractivity contribution in [2.75, 3.05) is 6.54 Å². The summed E-state index contributed by atoms with van der Waals surface area (Å²) in [6.07, 6.45) is 1.75. The lowest BCUT2D eigenvalue weighted by Crippen LogP contribution is -2.13. The van der Waals surface area contributed by atoms with Gasteiger partial charge >= 0.3 is 0 Å². The van der Waals surface area contributed by atoms with Gasteiger partial charge in [-0.15, -0.1) is 11.8 Å². The van der Waals surface area contributed by atoms with Gasteiger partial charge in [-0.1, -0.05) is 19.1 Å². The molecule has 1 heterocycles. The average molecular weight is 277 g/mol. The Hall–Kier alpha value is -1.46. The van der Waals surface area contributed by atoms with E-state index in [0.717, 1.165) is 24.6 Å². The highest BCUT2D eigenvalue weighted by Crippen LogP contribution is 2.23. The first-order valence-electron chi connectivity index (χ1n) is 6.18. The molecule has 1 aromatic carbocycles. The van der Waals surface area contributed by atoms with Crippen molar-refractivity contribution in [1.82, 2.24) is 15.3 Å². The molecule has 5 heteroatoms. The Morgan fingerprint density at radius 3 is 2.89 bits per heavy atom. The molecule has 1 aromatic heterocycles. The molecule has 19 heavy (non-hydrogen) atoms. The van der Waals surface area contributed by atoms with Gasteiger partial charge in [-0.25, -0.2) is 14.4 Å². The maximum absolute atomic E-state index is 13.5. The van der Waals surface area contributed by atoms with Gasteiger partial charge in [0.15, 0.2) is 0 Å². The molecule has 0 saturated carbocycles. The molecule has 0 aliphatic carbocycles. The van der Waals surface area contributed by atoms with Crippen molar-refractivity contribution < 1.29 is 4.39 Å². The monoisotopic (exact) mass is 277 g/mol. The molecule has 1 N–H and O–H groups in total. The zero-order chi connectivity index (χ0) is 13.5. The molecule has 100 valence electrons.